The minimum Gasteiger partial charge on any atom is -0.445 e. The molecule has 1 aromatic rings. The lowest BCUT2D eigenvalue weighted by Crippen LogP contribution is -2.42. The summed E-state index contributed by atoms with van der Waals surface area (Å²) >= 11 is 0. The molecule has 2 amide bonds. The van der Waals surface area contributed by atoms with Gasteiger partial charge in [0.2, 0.25) is 0 Å². The van der Waals surface area contributed by atoms with Crippen LogP contribution >= 0.6 is 0 Å². The minimum absolute atomic E-state index is 0.0630. The number of benzene rings is 1. The maximum absolute atomic E-state index is 11.8. The van der Waals surface area contributed by atoms with Gasteiger partial charge in [-0.2, -0.15) is 0 Å². The Kier molecular flexibility index (Phi) is 8.26. The molecule has 0 fully saturated rings. The summed E-state index contributed by atoms with van der Waals surface area (Å²) in [5.74, 6) is -0.195. The summed E-state index contributed by atoms with van der Waals surface area (Å²) in [5, 5.41) is 5.33. The second-order valence-corrected chi connectivity index (χ2v) is 6.16. The van der Waals surface area contributed by atoms with Crippen molar-refractivity contribution < 1.29 is 14.3 Å². The van der Waals surface area contributed by atoms with Crippen LogP contribution in [-0.4, -0.2) is 49.1 Å². The van der Waals surface area contributed by atoms with Gasteiger partial charge in [0, 0.05) is 43.3 Å². The first-order valence-electron chi connectivity index (χ1n) is 8.33. The molecule has 134 valence electrons. The molecular formula is C18H29N3O3. The summed E-state index contributed by atoms with van der Waals surface area (Å²) < 4.78 is 5.22. The van der Waals surface area contributed by atoms with Crippen molar-refractivity contribution in [3.63, 3.8) is 0 Å². The van der Waals surface area contributed by atoms with E-state index < -0.39 is 6.09 Å². The highest BCUT2D eigenvalue weighted by atomic mass is 16.5. The number of nitrogens with one attached hydrogen (secondary N) is 2. The van der Waals surface area contributed by atoms with Crippen LogP contribution in [0.25, 0.3) is 0 Å². The Morgan fingerprint density at radius 1 is 1.12 bits per heavy atom. The van der Waals surface area contributed by atoms with Crippen LogP contribution in [0.3, 0.4) is 0 Å². The number of hydrogen-bond donors (Lipinski definition) is 2. The van der Waals surface area contributed by atoms with E-state index in [0.717, 1.165) is 6.54 Å². The van der Waals surface area contributed by atoms with Gasteiger partial charge in [0.15, 0.2) is 0 Å². The third-order valence-corrected chi connectivity index (χ3v) is 3.81. The number of ether oxygens (including phenoxy) is 1. The summed E-state index contributed by atoms with van der Waals surface area (Å²) in [6, 6.07) is 7.91. The molecule has 2 N–H and O–H groups in total. The predicted octanol–water partition coefficient (Wildman–Crippen LogP) is 2.39. The van der Waals surface area contributed by atoms with E-state index in [1.54, 1.807) is 25.2 Å². The predicted molar refractivity (Wildman–Crippen MR) is 95.0 cm³/mol. The van der Waals surface area contributed by atoms with Crippen LogP contribution in [0.5, 0.6) is 0 Å². The molecule has 0 atom stereocenters. The summed E-state index contributed by atoms with van der Waals surface area (Å²) in [6.07, 6.45) is -0.478. The number of hydrogen-bond acceptors (Lipinski definition) is 4. The quantitative estimate of drug-likeness (QED) is 0.765. The summed E-state index contributed by atoms with van der Waals surface area (Å²) in [6.45, 7) is 9.88. The van der Waals surface area contributed by atoms with Gasteiger partial charge in [0.1, 0.15) is 6.61 Å². The third-order valence-electron chi connectivity index (χ3n) is 3.81. The molecule has 0 bridgehead atoms. The zero-order valence-corrected chi connectivity index (χ0v) is 15.3. The maximum atomic E-state index is 11.8. The number of carbonyl (C=O) groups is 2. The van der Waals surface area contributed by atoms with Gasteiger partial charge in [-0.3, -0.25) is 9.69 Å². The molecule has 1 aromatic carbocycles. The van der Waals surface area contributed by atoms with Gasteiger partial charge in [-0.25, -0.2) is 4.79 Å². The molecule has 0 aromatic heterocycles. The Balaban J connectivity index is 2.46. The highest BCUT2D eigenvalue weighted by molar-refractivity contribution is 5.95. The largest absolute Gasteiger partial charge is 0.445 e. The van der Waals surface area contributed by atoms with Crippen molar-refractivity contribution in [2.45, 2.75) is 46.4 Å². The molecule has 0 unspecified atom stereocenters. The molecule has 6 nitrogen and oxygen atoms in total. The Morgan fingerprint density at radius 3 is 2.33 bits per heavy atom. The van der Waals surface area contributed by atoms with E-state index in [0.29, 0.717) is 29.8 Å². The van der Waals surface area contributed by atoms with E-state index in [2.05, 4.69) is 43.2 Å². The molecule has 0 saturated carbocycles. The van der Waals surface area contributed by atoms with Crippen molar-refractivity contribution in [3.05, 3.63) is 35.4 Å². The van der Waals surface area contributed by atoms with Crippen LogP contribution in [-0.2, 0) is 11.3 Å². The van der Waals surface area contributed by atoms with Gasteiger partial charge in [-0.05, 0) is 33.8 Å². The van der Waals surface area contributed by atoms with Crippen molar-refractivity contribution in [1.82, 2.24) is 15.5 Å². The van der Waals surface area contributed by atoms with Crippen LogP contribution in [0.15, 0.2) is 24.3 Å². The molecule has 0 heterocycles. The first-order chi connectivity index (χ1) is 11.4. The average molecular weight is 335 g/mol. The summed E-state index contributed by atoms with van der Waals surface area (Å²) in [4.78, 5) is 25.9. The first-order valence-corrected chi connectivity index (χ1v) is 8.33. The lowest BCUT2D eigenvalue weighted by atomic mass is 10.1. The number of alkyl carbamates (subject to hydrolysis) is 1. The van der Waals surface area contributed by atoms with Gasteiger partial charge in [0.25, 0.3) is 5.91 Å². The normalized spacial score (nSPS) is 11.0. The second kappa shape index (κ2) is 9.93. The van der Waals surface area contributed by atoms with Crippen LogP contribution in [0.1, 0.15) is 43.6 Å². The monoisotopic (exact) mass is 335 g/mol. The molecule has 0 aliphatic heterocycles. The highest BCUT2D eigenvalue weighted by Gasteiger charge is 2.14. The Hall–Kier alpha value is -2.08. The van der Waals surface area contributed by atoms with Crippen LogP contribution in [0, 0.1) is 0 Å². The van der Waals surface area contributed by atoms with Crippen molar-refractivity contribution in [3.8, 4) is 0 Å². The minimum atomic E-state index is -0.478. The van der Waals surface area contributed by atoms with E-state index in [1.807, 2.05) is 6.07 Å². The van der Waals surface area contributed by atoms with Gasteiger partial charge in [0.05, 0.1) is 0 Å². The molecule has 1 rings (SSSR count). The van der Waals surface area contributed by atoms with Gasteiger partial charge >= 0.3 is 6.09 Å². The molecule has 0 aliphatic rings. The summed E-state index contributed by atoms with van der Waals surface area (Å²) in [5.41, 5.74) is 1.19. The van der Waals surface area contributed by atoms with Crippen LogP contribution in [0.2, 0.25) is 0 Å². The number of amides is 2. The van der Waals surface area contributed by atoms with E-state index >= 15 is 0 Å². The van der Waals surface area contributed by atoms with Gasteiger partial charge in [-0.1, -0.05) is 18.2 Å². The third kappa shape index (κ3) is 6.20. The highest BCUT2D eigenvalue weighted by Crippen LogP contribution is 2.10. The molecule has 0 spiro atoms. The van der Waals surface area contributed by atoms with E-state index in [9.17, 15) is 9.59 Å². The second-order valence-electron chi connectivity index (χ2n) is 6.16. The topological polar surface area (TPSA) is 70.7 Å². The zero-order valence-electron chi connectivity index (χ0n) is 15.3. The van der Waals surface area contributed by atoms with Gasteiger partial charge in [-0.15, -0.1) is 0 Å². The van der Waals surface area contributed by atoms with Crippen molar-refractivity contribution in [1.29, 1.82) is 0 Å². The van der Waals surface area contributed by atoms with Crippen LogP contribution < -0.4 is 10.6 Å². The molecule has 0 radical (unpaired) electrons. The van der Waals surface area contributed by atoms with Crippen molar-refractivity contribution in [2.24, 2.45) is 0 Å². The summed E-state index contributed by atoms with van der Waals surface area (Å²) in [7, 11) is 1.57. The lowest BCUT2D eigenvalue weighted by Gasteiger charge is -2.30. The molecule has 6 heteroatoms. The van der Waals surface area contributed by atoms with E-state index in [1.165, 1.54) is 0 Å². The molecule has 0 saturated heterocycles. The molecule has 0 aliphatic carbocycles. The maximum Gasteiger partial charge on any atom is 0.407 e. The first kappa shape index (κ1) is 20.0. The van der Waals surface area contributed by atoms with E-state index in [-0.39, 0.29) is 12.5 Å². The van der Waals surface area contributed by atoms with Gasteiger partial charge < -0.3 is 15.4 Å². The molecule has 24 heavy (non-hydrogen) atoms. The van der Waals surface area contributed by atoms with Crippen LogP contribution in [0.4, 0.5) is 4.79 Å². The standard InChI is InChI=1S/C18H29N3O3/c1-13(2)21(14(3)4)11-10-20-18(23)24-12-15-8-6-7-9-16(15)17(22)19-5/h6-9,13-14H,10-12H2,1-5H3,(H,19,22)(H,20,23). The Labute approximate surface area is 144 Å². The fourth-order valence-electron chi connectivity index (χ4n) is 2.60. The van der Waals surface area contributed by atoms with Crippen molar-refractivity contribution in [2.75, 3.05) is 20.1 Å². The number of rotatable bonds is 8. The SMILES string of the molecule is CNC(=O)c1ccccc1COC(=O)NCCN(C(C)C)C(C)C. The lowest BCUT2D eigenvalue weighted by molar-refractivity contribution is 0.0956. The smallest absolute Gasteiger partial charge is 0.407 e. The molecular weight excluding hydrogens is 306 g/mol. The van der Waals surface area contributed by atoms with Crippen molar-refractivity contribution >= 4 is 12.0 Å². The van der Waals surface area contributed by atoms with E-state index in [4.69, 9.17) is 4.74 Å². The number of nitrogens with zero attached hydrogens (tertiary/aromatic N) is 1. The Bertz CT molecular complexity index is 536. The Morgan fingerprint density at radius 2 is 1.75 bits per heavy atom. The fraction of sp³-hybridized carbons (Fsp3) is 0.556. The zero-order chi connectivity index (χ0) is 18.1. The average Bonchev–Trinajstić information content (AvgIpc) is 2.55. The number of carbonyl (C=O) groups excluding carboxylic acids is 2. The fourth-order valence-corrected chi connectivity index (χ4v) is 2.60.